The Morgan fingerprint density at radius 1 is 1.36 bits per heavy atom. The van der Waals surface area contributed by atoms with E-state index in [0.29, 0.717) is 0 Å². The summed E-state index contributed by atoms with van der Waals surface area (Å²) in [5, 5.41) is 11.1. The van der Waals surface area contributed by atoms with Crippen molar-refractivity contribution in [2.24, 2.45) is 17.1 Å². The monoisotopic (exact) mass is 302 g/mol. The van der Waals surface area contributed by atoms with E-state index in [2.05, 4.69) is 6.92 Å². The molecule has 2 aliphatic rings. The summed E-state index contributed by atoms with van der Waals surface area (Å²) >= 11 is 0. The van der Waals surface area contributed by atoms with E-state index in [4.69, 9.17) is 5.73 Å². The number of fused-ring (bicyclic) bond motifs is 3. The molecule has 0 saturated heterocycles. The molecule has 0 radical (unpaired) electrons. The maximum Gasteiger partial charge on any atom is 0.269 e. The maximum atomic E-state index is 12.1. The number of amides is 1. The number of primary amides is 1. The first-order valence-corrected chi connectivity index (χ1v) is 7.87. The first kappa shape index (κ1) is 15.0. The number of hydrogen-bond acceptors (Lipinski definition) is 3. The van der Waals surface area contributed by atoms with Crippen molar-refractivity contribution >= 4 is 11.6 Å². The Labute approximate surface area is 130 Å². The molecule has 1 amide bonds. The molecule has 0 bridgehead atoms. The van der Waals surface area contributed by atoms with Crippen LogP contribution in [0.3, 0.4) is 0 Å². The largest absolute Gasteiger partial charge is 0.369 e. The molecule has 1 fully saturated rings. The first-order valence-electron chi connectivity index (χ1n) is 7.87. The summed E-state index contributed by atoms with van der Waals surface area (Å²) in [5.74, 6) is -0.0851. The molecule has 1 saturated carbocycles. The average Bonchev–Trinajstić information content (AvgIpc) is 2.46. The summed E-state index contributed by atoms with van der Waals surface area (Å²) in [6.07, 6.45) is 4.47. The summed E-state index contributed by atoms with van der Waals surface area (Å²) in [6.45, 7) is 4.12. The van der Waals surface area contributed by atoms with Crippen LogP contribution in [0.5, 0.6) is 0 Å². The molecule has 22 heavy (non-hydrogen) atoms. The fourth-order valence-electron chi connectivity index (χ4n) is 4.86. The van der Waals surface area contributed by atoms with Crippen LogP contribution in [0, 0.1) is 21.4 Å². The van der Waals surface area contributed by atoms with Crippen molar-refractivity contribution in [3.63, 3.8) is 0 Å². The van der Waals surface area contributed by atoms with Crippen LogP contribution < -0.4 is 5.73 Å². The number of nitro groups is 1. The molecular weight excluding hydrogens is 280 g/mol. The number of rotatable bonds is 2. The van der Waals surface area contributed by atoms with Gasteiger partial charge in [-0.25, -0.2) is 0 Å². The third-order valence-electron chi connectivity index (χ3n) is 6.12. The molecule has 2 N–H and O–H groups in total. The van der Waals surface area contributed by atoms with Crippen LogP contribution in [0.15, 0.2) is 18.2 Å². The van der Waals surface area contributed by atoms with Crippen molar-refractivity contribution in [3.8, 4) is 0 Å². The van der Waals surface area contributed by atoms with Gasteiger partial charge in [-0.2, -0.15) is 0 Å². The lowest BCUT2D eigenvalue weighted by molar-refractivity contribution is -0.385. The molecule has 0 heterocycles. The van der Waals surface area contributed by atoms with E-state index in [0.717, 1.165) is 37.7 Å². The number of carbonyl (C=O) groups excluding carboxylic acids is 1. The van der Waals surface area contributed by atoms with Crippen LogP contribution in [0.25, 0.3) is 0 Å². The van der Waals surface area contributed by atoms with Gasteiger partial charge in [-0.1, -0.05) is 26.3 Å². The van der Waals surface area contributed by atoms with Crippen molar-refractivity contribution in [1.29, 1.82) is 0 Å². The Bertz CT molecular complexity index is 657. The van der Waals surface area contributed by atoms with Gasteiger partial charge < -0.3 is 5.73 Å². The van der Waals surface area contributed by atoms with Crippen molar-refractivity contribution in [3.05, 3.63) is 39.4 Å². The van der Waals surface area contributed by atoms with Gasteiger partial charge in [-0.3, -0.25) is 14.9 Å². The fourth-order valence-corrected chi connectivity index (χ4v) is 4.86. The highest BCUT2D eigenvalue weighted by Crippen LogP contribution is 2.57. The van der Waals surface area contributed by atoms with E-state index in [1.807, 2.05) is 13.0 Å². The number of hydrogen-bond donors (Lipinski definition) is 1. The van der Waals surface area contributed by atoms with Crippen molar-refractivity contribution in [2.45, 2.75) is 51.4 Å². The zero-order valence-corrected chi connectivity index (χ0v) is 13.1. The molecular formula is C17H22N2O3. The third kappa shape index (κ3) is 1.95. The molecule has 1 aromatic carbocycles. The molecule has 5 heteroatoms. The molecule has 118 valence electrons. The number of nitrogens with two attached hydrogens (primary N) is 1. The van der Waals surface area contributed by atoms with E-state index < -0.39 is 5.41 Å². The summed E-state index contributed by atoms with van der Waals surface area (Å²) in [6, 6.07) is 5.18. The summed E-state index contributed by atoms with van der Waals surface area (Å²) in [4.78, 5) is 22.8. The molecule has 1 aromatic rings. The van der Waals surface area contributed by atoms with Gasteiger partial charge in [0.1, 0.15) is 0 Å². The topological polar surface area (TPSA) is 86.2 Å². The Hall–Kier alpha value is -1.91. The Morgan fingerprint density at radius 2 is 2.09 bits per heavy atom. The molecule has 0 aromatic heterocycles. The molecule has 0 aliphatic heterocycles. The molecule has 2 aliphatic carbocycles. The van der Waals surface area contributed by atoms with Crippen molar-refractivity contribution in [2.75, 3.05) is 0 Å². The van der Waals surface area contributed by atoms with Gasteiger partial charge in [0.05, 0.1) is 4.92 Å². The standard InChI is InChI=1S/C17H22N2O3/c1-16-8-3-9-17(2,15(18)20)14(16)7-5-11-4-6-12(19(21)22)10-13(11)16/h4,6,10,14H,3,5,7-9H2,1-2H3,(H2,18,20). The second kappa shape index (κ2) is 4.80. The predicted molar refractivity (Wildman–Crippen MR) is 83.4 cm³/mol. The maximum absolute atomic E-state index is 12.1. The normalized spacial score (nSPS) is 33.6. The van der Waals surface area contributed by atoms with Crippen molar-refractivity contribution < 1.29 is 9.72 Å². The highest BCUT2D eigenvalue weighted by atomic mass is 16.6. The second-order valence-corrected chi connectivity index (χ2v) is 7.24. The first-order chi connectivity index (χ1) is 10.3. The molecule has 0 spiro atoms. The molecule has 3 atom stereocenters. The van der Waals surface area contributed by atoms with Gasteiger partial charge in [0, 0.05) is 17.5 Å². The van der Waals surface area contributed by atoms with Gasteiger partial charge >= 0.3 is 0 Å². The van der Waals surface area contributed by atoms with Crippen LogP contribution in [-0.2, 0) is 16.6 Å². The number of nitrogens with zero attached hydrogens (tertiary/aromatic N) is 1. The number of non-ortho nitro benzene ring substituents is 1. The number of carbonyl (C=O) groups is 1. The average molecular weight is 302 g/mol. The molecule has 3 rings (SSSR count). The summed E-state index contributed by atoms with van der Waals surface area (Å²) in [5.41, 5.74) is 7.35. The highest BCUT2D eigenvalue weighted by molar-refractivity contribution is 5.81. The lowest BCUT2D eigenvalue weighted by Crippen LogP contribution is -2.54. The van der Waals surface area contributed by atoms with E-state index in [-0.39, 0.29) is 27.9 Å². The molecule has 3 unspecified atom stereocenters. The Morgan fingerprint density at radius 3 is 2.73 bits per heavy atom. The quantitative estimate of drug-likeness (QED) is 0.672. The minimum Gasteiger partial charge on any atom is -0.369 e. The van der Waals surface area contributed by atoms with Gasteiger partial charge in [0.15, 0.2) is 0 Å². The summed E-state index contributed by atoms with van der Waals surface area (Å²) in [7, 11) is 0. The van der Waals surface area contributed by atoms with Crippen molar-refractivity contribution in [1.82, 2.24) is 0 Å². The van der Waals surface area contributed by atoms with Crippen LogP contribution in [-0.4, -0.2) is 10.8 Å². The van der Waals surface area contributed by atoms with E-state index in [1.54, 1.807) is 12.1 Å². The number of benzene rings is 1. The second-order valence-electron chi connectivity index (χ2n) is 7.24. The lowest BCUT2D eigenvalue weighted by atomic mass is 9.49. The minimum absolute atomic E-state index is 0.131. The SMILES string of the molecule is CC1(C(N)=O)CCCC2(C)c3cc([N+](=O)[O-])ccc3CCC12. The van der Waals surface area contributed by atoms with Crippen LogP contribution >= 0.6 is 0 Å². The smallest absolute Gasteiger partial charge is 0.269 e. The summed E-state index contributed by atoms with van der Waals surface area (Å²) < 4.78 is 0. The molecule has 5 nitrogen and oxygen atoms in total. The predicted octanol–water partition coefficient (Wildman–Crippen LogP) is 3.09. The van der Waals surface area contributed by atoms with E-state index in [9.17, 15) is 14.9 Å². The van der Waals surface area contributed by atoms with Crippen LogP contribution in [0.4, 0.5) is 5.69 Å². The van der Waals surface area contributed by atoms with E-state index in [1.165, 1.54) is 5.56 Å². The lowest BCUT2D eigenvalue weighted by Gasteiger charge is -2.54. The van der Waals surface area contributed by atoms with Gasteiger partial charge in [0.2, 0.25) is 5.91 Å². The van der Waals surface area contributed by atoms with Gasteiger partial charge in [-0.15, -0.1) is 0 Å². The third-order valence-corrected chi connectivity index (χ3v) is 6.12. The Balaban J connectivity index is 2.14. The Kier molecular flexibility index (Phi) is 3.27. The van der Waals surface area contributed by atoms with Gasteiger partial charge in [-0.05, 0) is 48.1 Å². The zero-order valence-electron chi connectivity index (χ0n) is 13.1. The highest BCUT2D eigenvalue weighted by Gasteiger charge is 2.54. The zero-order chi connectivity index (χ0) is 16.1. The number of nitro benzene ring substituents is 1. The van der Waals surface area contributed by atoms with Crippen LogP contribution in [0.2, 0.25) is 0 Å². The minimum atomic E-state index is -0.519. The van der Waals surface area contributed by atoms with Gasteiger partial charge in [0.25, 0.3) is 5.69 Å². The van der Waals surface area contributed by atoms with E-state index >= 15 is 0 Å². The van der Waals surface area contributed by atoms with Crippen LogP contribution in [0.1, 0.15) is 50.7 Å². The number of aryl methyl sites for hydroxylation is 1. The fraction of sp³-hybridized carbons (Fsp3) is 0.588.